The van der Waals surface area contributed by atoms with E-state index >= 15 is 0 Å². The Kier molecular flexibility index (Phi) is 15.5. The quantitative estimate of drug-likeness (QED) is 0.131. The summed E-state index contributed by atoms with van der Waals surface area (Å²) in [6.45, 7) is 3.92. The highest BCUT2D eigenvalue weighted by atomic mass is 32.1. The van der Waals surface area contributed by atoms with Crippen molar-refractivity contribution in [1.82, 2.24) is 25.8 Å². The van der Waals surface area contributed by atoms with Crippen LogP contribution in [0.15, 0.2) is 0 Å². The van der Waals surface area contributed by atoms with Crippen LogP contribution in [0.2, 0.25) is 0 Å². The largest absolute Gasteiger partial charge is 0.481 e. The number of aromatic nitrogens is 4. The third-order valence-corrected chi connectivity index (χ3v) is 5.56. The van der Waals surface area contributed by atoms with Crippen molar-refractivity contribution in [3.8, 4) is 0 Å². The number of aryl methyl sites for hydroxylation is 1. The lowest BCUT2D eigenvalue weighted by atomic mass is 10.0. The van der Waals surface area contributed by atoms with Gasteiger partial charge in [-0.25, -0.2) is 5.84 Å². The molecule has 0 saturated heterocycles. The highest BCUT2D eigenvalue weighted by Gasteiger charge is 2.10. The Hall–Kier alpha value is -2.69. The van der Waals surface area contributed by atoms with Crippen LogP contribution >= 0.6 is 34.9 Å². The minimum Gasteiger partial charge on any atom is -0.481 e. The number of thiocarbonyl (C=S) groups is 1. The Morgan fingerprint density at radius 3 is 1.88 bits per heavy atom. The van der Waals surface area contributed by atoms with Gasteiger partial charge in [0, 0.05) is 25.7 Å². The average molecular weight is 522 g/mol. The van der Waals surface area contributed by atoms with Crippen molar-refractivity contribution in [3.63, 3.8) is 0 Å². The molecule has 0 spiro atoms. The average Bonchev–Trinajstić information content (AvgIpc) is 3.33. The van der Waals surface area contributed by atoms with Gasteiger partial charge in [0.1, 0.15) is 10.0 Å². The van der Waals surface area contributed by atoms with Gasteiger partial charge in [-0.05, 0) is 36.9 Å². The van der Waals surface area contributed by atoms with Gasteiger partial charge >= 0.3 is 11.9 Å². The van der Waals surface area contributed by atoms with Crippen LogP contribution in [0.5, 0.6) is 0 Å². The zero-order valence-electron chi connectivity index (χ0n) is 18.4. The van der Waals surface area contributed by atoms with E-state index in [1.807, 2.05) is 5.43 Å². The molecule has 11 N–H and O–H groups in total. The third kappa shape index (κ3) is 17.5. The van der Waals surface area contributed by atoms with E-state index in [4.69, 9.17) is 27.4 Å². The standard InChI is InChI=1S/C9H14N6S2.C7H12O4.CH5N3S/c1-5(4-7-13-15-9(11)17-7)2-3-6-12-14-8(10)16-6;1-5(4-7(10)11)2-3-6(8)9;2-1(5)4-3/h5H,2-4H2,1H3,(H2,10,14)(H2,11,15);5H,2-4H2,1H3,(H,8,9)(H,10,11);3H2,(H3,2,4,5). The molecule has 0 aliphatic carbocycles. The number of nitrogen functional groups attached to an aromatic ring is 2. The second-order valence-corrected chi connectivity index (χ2v) is 9.69. The van der Waals surface area contributed by atoms with Gasteiger partial charge in [0.05, 0.1) is 0 Å². The number of hydrogen-bond acceptors (Lipinski definition) is 12. The molecule has 2 unspecified atom stereocenters. The summed E-state index contributed by atoms with van der Waals surface area (Å²) in [6, 6.07) is 0. The molecule has 33 heavy (non-hydrogen) atoms. The van der Waals surface area contributed by atoms with Gasteiger partial charge in [0.2, 0.25) is 10.3 Å². The molecule has 0 aliphatic heterocycles. The van der Waals surface area contributed by atoms with Gasteiger partial charge in [-0.1, -0.05) is 36.5 Å². The third-order valence-electron chi connectivity index (χ3n) is 3.86. The molecule has 0 aromatic carbocycles. The topological polar surface area (TPSA) is 242 Å². The molecule has 0 aliphatic rings. The summed E-state index contributed by atoms with van der Waals surface area (Å²) < 4.78 is 0. The normalized spacial score (nSPS) is 11.7. The van der Waals surface area contributed by atoms with E-state index in [-0.39, 0.29) is 23.9 Å². The number of anilines is 2. The van der Waals surface area contributed by atoms with Gasteiger partial charge in [0.15, 0.2) is 5.11 Å². The van der Waals surface area contributed by atoms with Gasteiger partial charge < -0.3 is 32.8 Å². The lowest BCUT2D eigenvalue weighted by molar-refractivity contribution is -0.140. The highest BCUT2D eigenvalue weighted by Crippen LogP contribution is 2.20. The molecule has 186 valence electrons. The number of hydrogen-bond donors (Lipinski definition) is 7. The number of carbonyl (C=O) groups is 2. The molecule has 0 amide bonds. The fourth-order valence-corrected chi connectivity index (χ4v) is 3.65. The lowest BCUT2D eigenvalue weighted by Gasteiger charge is -2.06. The Labute approximate surface area is 204 Å². The Bertz CT molecular complexity index is 862. The van der Waals surface area contributed by atoms with Crippen molar-refractivity contribution in [2.45, 2.75) is 52.4 Å². The fourth-order valence-electron chi connectivity index (χ4n) is 2.26. The maximum atomic E-state index is 10.1. The van der Waals surface area contributed by atoms with Crippen LogP contribution in [0.1, 0.15) is 49.5 Å². The first-order valence-electron chi connectivity index (χ1n) is 9.78. The summed E-state index contributed by atoms with van der Waals surface area (Å²) in [5.41, 5.74) is 17.9. The predicted octanol–water partition coefficient (Wildman–Crippen LogP) is 1.02. The minimum absolute atomic E-state index is 0.0489. The van der Waals surface area contributed by atoms with Gasteiger partial charge in [-0.3, -0.25) is 9.59 Å². The first-order valence-corrected chi connectivity index (χ1v) is 11.8. The van der Waals surface area contributed by atoms with Crippen molar-refractivity contribution in [1.29, 1.82) is 0 Å². The van der Waals surface area contributed by atoms with Crippen molar-refractivity contribution in [2.24, 2.45) is 23.4 Å². The number of carboxylic acid groups (broad SMARTS) is 2. The first kappa shape index (κ1) is 30.3. The Balaban J connectivity index is 0.000000551. The van der Waals surface area contributed by atoms with E-state index in [2.05, 4.69) is 45.4 Å². The first-order chi connectivity index (χ1) is 15.4. The molecule has 0 radical (unpaired) electrons. The molecule has 0 saturated carbocycles. The van der Waals surface area contributed by atoms with Crippen LogP contribution in [0.25, 0.3) is 0 Å². The molecule has 2 atom stereocenters. The maximum absolute atomic E-state index is 10.1. The SMILES string of the molecule is CC(CCC(=O)O)CC(=O)O.CC(CCc1nnc(N)s1)Cc1nnc(N)s1.NNC(N)=S. The summed E-state index contributed by atoms with van der Waals surface area (Å²) in [5, 5.41) is 35.3. The van der Waals surface area contributed by atoms with Crippen molar-refractivity contribution in [3.05, 3.63) is 10.0 Å². The van der Waals surface area contributed by atoms with E-state index in [0.29, 0.717) is 22.6 Å². The molecular formula is C17H31N9O4S3. The molecule has 0 fully saturated rings. The molecule has 2 rings (SSSR count). The van der Waals surface area contributed by atoms with Crippen LogP contribution in [0.3, 0.4) is 0 Å². The number of rotatable bonds is 10. The number of nitrogens with zero attached hydrogens (tertiary/aromatic N) is 4. The summed E-state index contributed by atoms with van der Waals surface area (Å²) >= 11 is 7.14. The van der Waals surface area contributed by atoms with E-state index in [1.54, 1.807) is 6.92 Å². The Morgan fingerprint density at radius 1 is 0.970 bits per heavy atom. The minimum atomic E-state index is -0.873. The molecule has 2 aromatic rings. The van der Waals surface area contributed by atoms with Crippen molar-refractivity contribution < 1.29 is 19.8 Å². The molecule has 13 nitrogen and oxygen atoms in total. The van der Waals surface area contributed by atoms with E-state index < -0.39 is 11.9 Å². The molecular weight excluding hydrogens is 490 g/mol. The molecule has 16 heteroatoms. The number of aliphatic carboxylic acids is 2. The predicted molar refractivity (Wildman–Crippen MR) is 132 cm³/mol. The van der Waals surface area contributed by atoms with Crippen LogP contribution in [-0.2, 0) is 22.4 Å². The Morgan fingerprint density at radius 2 is 1.48 bits per heavy atom. The molecule has 2 aromatic heterocycles. The monoisotopic (exact) mass is 521 g/mol. The maximum Gasteiger partial charge on any atom is 0.303 e. The van der Waals surface area contributed by atoms with Crippen LogP contribution in [0, 0.1) is 11.8 Å². The summed E-state index contributed by atoms with van der Waals surface area (Å²) in [6.07, 6.45) is 3.38. The summed E-state index contributed by atoms with van der Waals surface area (Å²) in [5.74, 6) is 3.38. The van der Waals surface area contributed by atoms with Gasteiger partial charge in [-0.2, -0.15) is 0 Å². The fraction of sp³-hybridized carbons (Fsp3) is 0.588. The van der Waals surface area contributed by atoms with Crippen LogP contribution < -0.4 is 28.5 Å². The number of nitrogens with one attached hydrogen (secondary N) is 1. The van der Waals surface area contributed by atoms with Crippen LogP contribution in [-0.4, -0.2) is 47.7 Å². The van der Waals surface area contributed by atoms with E-state index in [9.17, 15) is 9.59 Å². The van der Waals surface area contributed by atoms with E-state index in [0.717, 1.165) is 29.3 Å². The smallest absolute Gasteiger partial charge is 0.303 e. The highest BCUT2D eigenvalue weighted by molar-refractivity contribution is 7.80. The number of carboxylic acids is 2. The zero-order valence-corrected chi connectivity index (χ0v) is 20.9. The van der Waals surface area contributed by atoms with Gasteiger partial charge in [0.25, 0.3) is 0 Å². The van der Waals surface area contributed by atoms with Crippen molar-refractivity contribution in [2.75, 3.05) is 11.5 Å². The van der Waals surface area contributed by atoms with E-state index in [1.165, 1.54) is 22.7 Å². The summed E-state index contributed by atoms with van der Waals surface area (Å²) in [4.78, 5) is 20.1. The van der Waals surface area contributed by atoms with Crippen LogP contribution in [0.4, 0.5) is 10.3 Å². The second kappa shape index (κ2) is 16.9. The number of nitrogens with two attached hydrogens (primary N) is 4. The molecule has 0 bridgehead atoms. The summed E-state index contributed by atoms with van der Waals surface area (Å²) in [7, 11) is 0. The second-order valence-electron chi connectivity index (χ2n) is 7.06. The lowest BCUT2D eigenvalue weighted by Crippen LogP contribution is -2.34. The molecule has 2 heterocycles. The van der Waals surface area contributed by atoms with Gasteiger partial charge in [-0.15, -0.1) is 20.4 Å². The zero-order chi connectivity index (χ0) is 25.4. The number of hydrazine groups is 1. The van der Waals surface area contributed by atoms with Crippen molar-refractivity contribution >= 4 is 62.2 Å².